The van der Waals surface area contributed by atoms with Crippen LogP contribution < -0.4 is 5.56 Å². The second-order valence-electron chi connectivity index (χ2n) is 8.33. The van der Waals surface area contributed by atoms with Crippen molar-refractivity contribution in [2.45, 2.75) is 70.9 Å². The molecule has 0 aliphatic heterocycles. The molecular formula is C25H31NO4. The van der Waals surface area contributed by atoms with Gasteiger partial charge in [-0.3, -0.25) is 14.4 Å². The predicted octanol–water partition coefficient (Wildman–Crippen LogP) is 4.39. The monoisotopic (exact) mass is 409 g/mol. The van der Waals surface area contributed by atoms with E-state index >= 15 is 0 Å². The van der Waals surface area contributed by atoms with Gasteiger partial charge in [-0.2, -0.15) is 0 Å². The third-order valence-corrected chi connectivity index (χ3v) is 6.06. The van der Waals surface area contributed by atoms with Gasteiger partial charge >= 0.3 is 0 Å². The predicted molar refractivity (Wildman–Crippen MR) is 117 cm³/mol. The first kappa shape index (κ1) is 22.2. The number of hydrogen-bond donors (Lipinski definition) is 1. The van der Waals surface area contributed by atoms with Gasteiger partial charge in [-0.1, -0.05) is 43.7 Å². The number of benzene rings is 1. The summed E-state index contributed by atoms with van der Waals surface area (Å²) in [5, 5.41) is 9.62. The second-order valence-corrected chi connectivity index (χ2v) is 8.33. The summed E-state index contributed by atoms with van der Waals surface area (Å²) in [6.45, 7) is 2.05. The Morgan fingerprint density at radius 2 is 1.77 bits per heavy atom. The molecule has 2 aromatic rings. The van der Waals surface area contributed by atoms with Crippen molar-refractivity contribution in [1.29, 1.82) is 0 Å². The molecule has 0 radical (unpaired) electrons. The fourth-order valence-electron chi connectivity index (χ4n) is 4.21. The van der Waals surface area contributed by atoms with Crippen LogP contribution in [0.5, 0.6) is 0 Å². The molecule has 3 rings (SSSR count). The van der Waals surface area contributed by atoms with Gasteiger partial charge in [-0.25, -0.2) is 0 Å². The zero-order chi connectivity index (χ0) is 21.5. The Balaban J connectivity index is 1.73. The van der Waals surface area contributed by atoms with Gasteiger partial charge < -0.3 is 9.67 Å². The van der Waals surface area contributed by atoms with Crippen LogP contribution in [0.25, 0.3) is 0 Å². The van der Waals surface area contributed by atoms with Gasteiger partial charge in [0, 0.05) is 24.6 Å². The van der Waals surface area contributed by atoms with Gasteiger partial charge in [-0.15, -0.1) is 0 Å². The van der Waals surface area contributed by atoms with Crippen LogP contribution in [0.3, 0.4) is 0 Å². The van der Waals surface area contributed by atoms with Crippen molar-refractivity contribution in [3.63, 3.8) is 0 Å². The maximum Gasteiger partial charge on any atom is 0.261 e. The Morgan fingerprint density at radius 3 is 2.43 bits per heavy atom. The molecule has 0 amide bonds. The summed E-state index contributed by atoms with van der Waals surface area (Å²) < 4.78 is 1.48. The Morgan fingerprint density at radius 1 is 1.07 bits per heavy atom. The van der Waals surface area contributed by atoms with Crippen LogP contribution in [0.1, 0.15) is 84.6 Å². The smallest absolute Gasteiger partial charge is 0.261 e. The molecule has 0 spiro atoms. The first-order chi connectivity index (χ1) is 14.5. The highest BCUT2D eigenvalue weighted by atomic mass is 16.3. The van der Waals surface area contributed by atoms with Gasteiger partial charge in [-0.05, 0) is 49.7 Å². The van der Waals surface area contributed by atoms with Crippen molar-refractivity contribution < 1.29 is 14.7 Å². The van der Waals surface area contributed by atoms with Gasteiger partial charge in [0.05, 0.1) is 18.2 Å². The van der Waals surface area contributed by atoms with Gasteiger partial charge in [0.1, 0.15) is 0 Å². The number of aromatic nitrogens is 1. The summed E-state index contributed by atoms with van der Waals surface area (Å²) in [6, 6.07) is 11.0. The van der Waals surface area contributed by atoms with E-state index in [1.54, 1.807) is 13.1 Å². The number of nitrogens with zero attached hydrogens (tertiary/aromatic N) is 1. The molecule has 0 unspecified atom stereocenters. The van der Waals surface area contributed by atoms with Crippen molar-refractivity contribution in [1.82, 2.24) is 4.57 Å². The third-order valence-electron chi connectivity index (χ3n) is 6.06. The first-order valence-electron chi connectivity index (χ1n) is 11.0. The molecule has 5 nitrogen and oxygen atoms in total. The lowest BCUT2D eigenvalue weighted by molar-refractivity contribution is 0.0953. The van der Waals surface area contributed by atoms with Crippen molar-refractivity contribution in [3.8, 4) is 0 Å². The topological polar surface area (TPSA) is 76.4 Å². The summed E-state index contributed by atoms with van der Waals surface area (Å²) in [4.78, 5) is 38.0. The van der Waals surface area contributed by atoms with E-state index in [0.29, 0.717) is 24.4 Å². The van der Waals surface area contributed by atoms with Crippen LogP contribution in [0.15, 0.2) is 47.4 Å². The number of ketones is 2. The fraction of sp³-hybridized carbons (Fsp3) is 0.480. The number of hydrogen-bond acceptors (Lipinski definition) is 4. The largest absolute Gasteiger partial charge is 0.393 e. The van der Waals surface area contributed by atoms with E-state index in [-0.39, 0.29) is 35.2 Å². The van der Waals surface area contributed by atoms with Crippen molar-refractivity contribution in [2.24, 2.45) is 5.92 Å². The molecule has 1 aliphatic carbocycles. The van der Waals surface area contributed by atoms with E-state index < -0.39 is 0 Å². The van der Waals surface area contributed by atoms with E-state index in [0.717, 1.165) is 44.1 Å². The van der Waals surface area contributed by atoms with Crippen molar-refractivity contribution in [3.05, 3.63) is 69.6 Å². The van der Waals surface area contributed by atoms with Gasteiger partial charge in [0.15, 0.2) is 11.6 Å². The molecule has 1 aliphatic rings. The average Bonchev–Trinajstić information content (AvgIpc) is 2.76. The second kappa shape index (κ2) is 10.5. The summed E-state index contributed by atoms with van der Waals surface area (Å²) >= 11 is 0. The molecule has 5 heteroatoms. The maximum absolute atomic E-state index is 12.9. The van der Waals surface area contributed by atoms with E-state index in [9.17, 15) is 19.5 Å². The van der Waals surface area contributed by atoms with Gasteiger partial charge in [0.2, 0.25) is 0 Å². The lowest BCUT2D eigenvalue weighted by Crippen LogP contribution is -2.28. The fourth-order valence-corrected chi connectivity index (χ4v) is 4.21. The number of rotatable bonds is 9. The molecule has 1 aromatic heterocycles. The minimum atomic E-state index is -0.344. The molecule has 0 bridgehead atoms. The molecule has 1 aromatic carbocycles. The highest BCUT2D eigenvalue weighted by Gasteiger charge is 2.20. The lowest BCUT2D eigenvalue weighted by Gasteiger charge is -2.25. The van der Waals surface area contributed by atoms with Crippen LogP contribution in [0.2, 0.25) is 0 Å². The normalized spacial score (nSPS) is 18.9. The molecule has 160 valence electrons. The average molecular weight is 410 g/mol. The van der Waals surface area contributed by atoms with Crippen LogP contribution >= 0.6 is 0 Å². The molecule has 1 fully saturated rings. The van der Waals surface area contributed by atoms with Crippen molar-refractivity contribution >= 4 is 11.6 Å². The number of carbonyl (C=O) groups is 2. The minimum Gasteiger partial charge on any atom is -0.393 e. The van der Waals surface area contributed by atoms with Gasteiger partial charge in [0.25, 0.3) is 5.56 Å². The van der Waals surface area contributed by atoms with Crippen LogP contribution in [-0.4, -0.2) is 27.3 Å². The van der Waals surface area contributed by atoms with E-state index in [4.69, 9.17) is 0 Å². The Hall–Kier alpha value is -2.53. The number of Topliss-reactive ketones (excluding diaryl/α,β-unsaturated/α-hetero) is 2. The maximum atomic E-state index is 12.9. The molecule has 0 atom stereocenters. The van der Waals surface area contributed by atoms with Crippen molar-refractivity contribution in [2.75, 3.05) is 0 Å². The lowest BCUT2D eigenvalue weighted by atomic mass is 9.84. The molecule has 1 heterocycles. The minimum absolute atomic E-state index is 0.0298. The summed E-state index contributed by atoms with van der Waals surface area (Å²) in [5.74, 6) is 0.306. The SMILES string of the molecule is CCC(=O)c1cc(C(=O)CCCC2CCC(O)CC2)cn(Cc2ccccc2)c1=O. The highest BCUT2D eigenvalue weighted by molar-refractivity contribution is 6.00. The number of aliphatic hydroxyl groups excluding tert-OH is 1. The Bertz CT molecular complexity index is 924. The number of aliphatic hydroxyl groups is 1. The molecule has 1 N–H and O–H groups in total. The molecule has 1 saturated carbocycles. The first-order valence-corrected chi connectivity index (χ1v) is 11.0. The zero-order valence-corrected chi connectivity index (χ0v) is 17.7. The third kappa shape index (κ3) is 5.76. The molecule has 30 heavy (non-hydrogen) atoms. The number of carbonyl (C=O) groups excluding carboxylic acids is 2. The van der Waals surface area contributed by atoms with E-state index in [1.165, 1.54) is 10.6 Å². The van der Waals surface area contributed by atoms with Crippen LogP contribution in [0.4, 0.5) is 0 Å². The van der Waals surface area contributed by atoms with Crippen LogP contribution in [-0.2, 0) is 6.54 Å². The Kier molecular flexibility index (Phi) is 7.75. The number of pyridine rings is 1. The molecular weight excluding hydrogens is 378 g/mol. The summed E-state index contributed by atoms with van der Waals surface area (Å²) in [6.07, 6.45) is 7.57. The van der Waals surface area contributed by atoms with Crippen LogP contribution in [0, 0.1) is 5.92 Å². The standard InChI is InChI=1S/C25H31NO4/c1-2-23(28)22-15-20(17-26(25(22)30)16-19-7-4-3-5-8-19)24(29)10-6-9-18-11-13-21(27)14-12-18/h3-5,7-8,15,17-18,21,27H,2,6,9-14,16H2,1H3. The Labute approximate surface area is 177 Å². The quantitative estimate of drug-likeness (QED) is 0.623. The van der Waals surface area contributed by atoms with E-state index in [2.05, 4.69) is 0 Å². The molecule has 0 saturated heterocycles. The summed E-state index contributed by atoms with van der Waals surface area (Å²) in [5.41, 5.74) is 1.13. The summed E-state index contributed by atoms with van der Waals surface area (Å²) in [7, 11) is 0. The van der Waals surface area contributed by atoms with E-state index in [1.807, 2.05) is 30.3 Å². The highest BCUT2D eigenvalue weighted by Crippen LogP contribution is 2.28. The zero-order valence-electron chi connectivity index (χ0n) is 17.7.